The topological polar surface area (TPSA) is 101 Å². The number of carboxylic acid groups (broad SMARTS) is 1. The van der Waals surface area contributed by atoms with Crippen molar-refractivity contribution in [2.45, 2.75) is 13.0 Å². The number of hydrogen-bond donors (Lipinski definition) is 2. The second-order valence-corrected chi connectivity index (χ2v) is 6.95. The number of aromatic hydroxyl groups is 1. The number of halogens is 2. The van der Waals surface area contributed by atoms with Gasteiger partial charge in [-0.3, -0.25) is 4.79 Å². The molecule has 0 spiro atoms. The minimum Gasteiger partial charge on any atom is -0.506 e. The zero-order chi connectivity index (χ0) is 19.8. The predicted octanol–water partition coefficient (Wildman–Crippen LogP) is 4.85. The monoisotopic (exact) mass is 417 g/mol. The van der Waals surface area contributed by atoms with Gasteiger partial charge in [-0.1, -0.05) is 28.4 Å². The van der Waals surface area contributed by atoms with E-state index in [0.717, 1.165) is 10.9 Å². The van der Waals surface area contributed by atoms with E-state index in [-0.39, 0.29) is 23.1 Å². The van der Waals surface area contributed by atoms with Crippen LogP contribution in [0.2, 0.25) is 10.0 Å². The molecule has 7 nitrogen and oxygen atoms in total. The maximum Gasteiger partial charge on any atom is 0.305 e. The average molecular weight is 418 g/mol. The van der Waals surface area contributed by atoms with Gasteiger partial charge in [0, 0.05) is 34.8 Å². The van der Waals surface area contributed by atoms with Gasteiger partial charge in [0.15, 0.2) is 0 Å². The summed E-state index contributed by atoms with van der Waals surface area (Å²) in [7, 11) is 0. The summed E-state index contributed by atoms with van der Waals surface area (Å²) in [4.78, 5) is 15.2. The van der Waals surface area contributed by atoms with Crippen LogP contribution in [0.1, 0.15) is 6.42 Å². The molecule has 2 aromatic carbocycles. The van der Waals surface area contributed by atoms with Crippen molar-refractivity contribution in [2.75, 3.05) is 0 Å². The average Bonchev–Trinajstić information content (AvgIpc) is 3.27. The van der Waals surface area contributed by atoms with Crippen LogP contribution < -0.4 is 0 Å². The van der Waals surface area contributed by atoms with Crippen molar-refractivity contribution in [3.8, 4) is 28.6 Å². The van der Waals surface area contributed by atoms with Gasteiger partial charge < -0.3 is 19.3 Å². The summed E-state index contributed by atoms with van der Waals surface area (Å²) in [6, 6.07) is 10.1. The molecule has 9 heteroatoms. The van der Waals surface area contributed by atoms with Gasteiger partial charge in [-0.15, -0.1) is 0 Å². The minimum absolute atomic E-state index is 0.00521. The molecule has 0 saturated carbocycles. The molecule has 4 aromatic rings. The predicted molar refractivity (Wildman–Crippen MR) is 105 cm³/mol. The Morgan fingerprint density at radius 2 is 1.89 bits per heavy atom. The van der Waals surface area contributed by atoms with E-state index in [0.29, 0.717) is 28.5 Å². The Morgan fingerprint density at radius 1 is 1.11 bits per heavy atom. The normalized spacial score (nSPS) is 11.2. The summed E-state index contributed by atoms with van der Waals surface area (Å²) >= 11 is 12.2. The lowest BCUT2D eigenvalue weighted by Crippen LogP contribution is -2.03. The van der Waals surface area contributed by atoms with Crippen LogP contribution in [0.3, 0.4) is 0 Å². The number of phenols is 1. The van der Waals surface area contributed by atoms with Crippen molar-refractivity contribution < 1.29 is 19.5 Å². The van der Waals surface area contributed by atoms with Crippen molar-refractivity contribution in [2.24, 2.45) is 0 Å². The first-order chi connectivity index (χ1) is 13.4. The number of aryl methyl sites for hydroxylation is 1. The molecule has 142 valence electrons. The Balaban J connectivity index is 1.68. The number of benzene rings is 2. The van der Waals surface area contributed by atoms with E-state index >= 15 is 0 Å². The Labute approximate surface area is 168 Å². The molecule has 2 N–H and O–H groups in total. The molecule has 0 fully saturated rings. The standard InChI is InChI=1S/C19H13Cl2N3O4/c20-13-8-11(2-4-16(13)25)19-22-18(23-28-19)10-1-3-15-12(7-10)14(21)9-24(15)6-5-17(26)27/h1-4,7-9,25H,5-6H2,(H,26,27). The van der Waals surface area contributed by atoms with Crippen LogP contribution >= 0.6 is 23.2 Å². The second kappa shape index (κ2) is 7.18. The molecule has 0 bridgehead atoms. The van der Waals surface area contributed by atoms with Crippen molar-refractivity contribution in [1.29, 1.82) is 0 Å². The largest absolute Gasteiger partial charge is 0.506 e. The summed E-state index contributed by atoms with van der Waals surface area (Å²) in [6.07, 6.45) is 1.71. The third-order valence-electron chi connectivity index (χ3n) is 4.28. The lowest BCUT2D eigenvalue weighted by molar-refractivity contribution is -0.137. The highest BCUT2D eigenvalue weighted by atomic mass is 35.5. The van der Waals surface area contributed by atoms with Gasteiger partial charge in [0.25, 0.3) is 5.89 Å². The lowest BCUT2D eigenvalue weighted by Gasteiger charge is -2.03. The molecule has 0 aliphatic rings. The number of nitrogens with zero attached hydrogens (tertiary/aromatic N) is 3. The third kappa shape index (κ3) is 3.42. The first-order valence-corrected chi connectivity index (χ1v) is 9.01. The molecule has 2 aromatic heterocycles. The SMILES string of the molecule is O=C(O)CCn1cc(Cl)c2cc(-c3noc(-c4ccc(O)c(Cl)c4)n3)ccc21. The van der Waals surface area contributed by atoms with Crippen molar-refractivity contribution >= 4 is 40.1 Å². The fraction of sp³-hybridized carbons (Fsp3) is 0.105. The Morgan fingerprint density at radius 3 is 2.64 bits per heavy atom. The van der Waals surface area contributed by atoms with Crippen LogP contribution in [0.5, 0.6) is 5.75 Å². The van der Waals surface area contributed by atoms with Gasteiger partial charge in [-0.05, 0) is 36.4 Å². The number of rotatable bonds is 5. The van der Waals surface area contributed by atoms with Crippen molar-refractivity contribution in [3.05, 3.63) is 52.6 Å². The molecular formula is C19H13Cl2N3O4. The number of aromatic nitrogens is 3. The van der Waals surface area contributed by atoms with Crippen LogP contribution in [-0.2, 0) is 11.3 Å². The van der Waals surface area contributed by atoms with Gasteiger partial charge in [0.1, 0.15) is 5.75 Å². The highest BCUT2D eigenvalue weighted by molar-refractivity contribution is 6.35. The van der Waals surface area contributed by atoms with Crippen LogP contribution in [0.4, 0.5) is 0 Å². The van der Waals surface area contributed by atoms with Gasteiger partial charge in [-0.2, -0.15) is 4.98 Å². The molecule has 0 radical (unpaired) electrons. The molecule has 0 unspecified atom stereocenters. The van der Waals surface area contributed by atoms with Gasteiger partial charge in [-0.25, -0.2) is 0 Å². The lowest BCUT2D eigenvalue weighted by atomic mass is 10.1. The molecule has 0 saturated heterocycles. The van der Waals surface area contributed by atoms with Crippen molar-refractivity contribution in [1.82, 2.24) is 14.7 Å². The fourth-order valence-electron chi connectivity index (χ4n) is 2.89. The zero-order valence-electron chi connectivity index (χ0n) is 14.3. The second-order valence-electron chi connectivity index (χ2n) is 6.14. The van der Waals surface area contributed by atoms with E-state index in [1.807, 2.05) is 18.2 Å². The summed E-state index contributed by atoms with van der Waals surface area (Å²) in [5.41, 5.74) is 2.11. The highest BCUT2D eigenvalue weighted by Gasteiger charge is 2.15. The summed E-state index contributed by atoms with van der Waals surface area (Å²) < 4.78 is 7.11. The number of hydrogen-bond acceptors (Lipinski definition) is 5. The van der Waals surface area contributed by atoms with E-state index in [9.17, 15) is 9.90 Å². The molecule has 28 heavy (non-hydrogen) atoms. The van der Waals surface area contributed by atoms with Gasteiger partial charge in [0.05, 0.1) is 16.5 Å². The van der Waals surface area contributed by atoms with Gasteiger partial charge in [0.2, 0.25) is 5.82 Å². The van der Waals surface area contributed by atoms with Crippen LogP contribution in [0, 0.1) is 0 Å². The van der Waals surface area contributed by atoms with E-state index in [1.165, 1.54) is 12.1 Å². The zero-order valence-corrected chi connectivity index (χ0v) is 15.8. The molecule has 2 heterocycles. The minimum atomic E-state index is -0.872. The Bertz CT molecular complexity index is 1200. The van der Waals surface area contributed by atoms with Crippen molar-refractivity contribution in [3.63, 3.8) is 0 Å². The number of aliphatic carboxylic acids is 1. The first-order valence-electron chi connectivity index (χ1n) is 8.25. The van der Waals surface area contributed by atoms with Crippen LogP contribution in [0.25, 0.3) is 33.7 Å². The Hall–Kier alpha value is -3.03. The summed E-state index contributed by atoms with van der Waals surface area (Å²) in [6.45, 7) is 0.325. The Kier molecular flexibility index (Phi) is 4.70. The highest BCUT2D eigenvalue weighted by Crippen LogP contribution is 2.32. The van der Waals surface area contributed by atoms with E-state index in [4.69, 9.17) is 32.8 Å². The van der Waals surface area contributed by atoms with Gasteiger partial charge >= 0.3 is 5.97 Å². The quantitative estimate of drug-likeness (QED) is 0.481. The number of carboxylic acids is 1. The fourth-order valence-corrected chi connectivity index (χ4v) is 3.34. The maximum atomic E-state index is 10.8. The van der Waals surface area contributed by atoms with E-state index in [1.54, 1.807) is 16.8 Å². The van der Waals surface area contributed by atoms with Crippen LogP contribution in [0.15, 0.2) is 47.1 Å². The molecule has 0 aliphatic carbocycles. The smallest absolute Gasteiger partial charge is 0.305 e. The summed E-state index contributed by atoms with van der Waals surface area (Å²) in [5.74, 6) is -0.265. The molecule has 0 aliphatic heterocycles. The van der Waals surface area contributed by atoms with E-state index in [2.05, 4.69) is 10.1 Å². The molecule has 0 atom stereocenters. The van der Waals surface area contributed by atoms with Crippen LogP contribution in [-0.4, -0.2) is 30.9 Å². The maximum absolute atomic E-state index is 10.8. The first kappa shape index (κ1) is 18.3. The number of phenolic OH excluding ortho intramolecular Hbond substituents is 1. The van der Waals surface area contributed by atoms with E-state index < -0.39 is 5.97 Å². The third-order valence-corrected chi connectivity index (χ3v) is 4.88. The molecular weight excluding hydrogens is 405 g/mol. The number of carbonyl (C=O) groups is 1. The molecule has 0 amide bonds. The molecule has 4 rings (SSSR count). The summed E-state index contributed by atoms with van der Waals surface area (Å²) in [5, 5.41) is 23.9. The number of fused-ring (bicyclic) bond motifs is 1.